The summed E-state index contributed by atoms with van der Waals surface area (Å²) in [5.41, 5.74) is 0.535. The Balaban J connectivity index is 3.23. The first-order valence-electron chi connectivity index (χ1n) is 4.44. The zero-order chi connectivity index (χ0) is 11.7. The number of likely N-dealkylation sites (N-methyl/N-ethyl adjacent to an activating group) is 1. The number of hydrogen-bond donors (Lipinski definition) is 1. The van der Waals surface area contributed by atoms with Crippen LogP contribution in [0.5, 0.6) is 0 Å². The number of carboxylic acids is 1. The van der Waals surface area contributed by atoms with Gasteiger partial charge in [-0.1, -0.05) is 0 Å². The van der Waals surface area contributed by atoms with Crippen LogP contribution in [0.15, 0.2) is 4.60 Å². The normalized spacial score (nSPS) is 13.2. The molecule has 0 saturated carbocycles. The molecule has 0 aliphatic rings. The number of hydrogen-bond acceptors (Lipinski definition) is 3. The number of carbonyl (C=O) groups is 1. The Morgan fingerprint density at radius 2 is 2.13 bits per heavy atom. The first-order chi connectivity index (χ1) is 6.86. The lowest BCUT2D eigenvalue weighted by molar-refractivity contribution is -0.142. The van der Waals surface area contributed by atoms with E-state index in [1.165, 1.54) is 0 Å². The van der Waals surface area contributed by atoms with Crippen LogP contribution in [0.2, 0.25) is 0 Å². The van der Waals surface area contributed by atoms with Gasteiger partial charge in [0.2, 0.25) is 0 Å². The molecule has 0 spiro atoms. The molecule has 1 atom stereocenters. The average Bonchev–Trinajstić information content (AvgIpc) is 2.33. The molecule has 84 valence electrons. The van der Waals surface area contributed by atoms with Gasteiger partial charge in [-0.05, 0) is 36.9 Å². The maximum Gasteiger partial charge on any atom is 0.327 e. The van der Waals surface area contributed by atoms with Crippen molar-refractivity contribution in [1.29, 1.82) is 0 Å². The summed E-state index contributed by atoms with van der Waals surface area (Å²) in [6.07, 6.45) is 0. The van der Waals surface area contributed by atoms with E-state index in [2.05, 4.69) is 20.9 Å². The molecule has 1 aromatic rings. The fraction of sp³-hybridized carbons (Fsp3) is 0.556. The largest absolute Gasteiger partial charge is 0.480 e. The number of aryl methyl sites for hydroxylation is 1. The Hall–Kier alpha value is -0.880. The quantitative estimate of drug-likeness (QED) is 0.900. The third-order valence-corrected chi connectivity index (χ3v) is 3.22. The molecule has 15 heavy (non-hydrogen) atoms. The summed E-state index contributed by atoms with van der Waals surface area (Å²) < 4.78 is 2.52. The molecule has 1 heterocycles. The molecule has 5 nitrogen and oxygen atoms in total. The number of aromatic nitrogens is 2. The molecular formula is C9H14BrN3O2. The summed E-state index contributed by atoms with van der Waals surface area (Å²) in [4.78, 5) is 17.0. The topological polar surface area (TPSA) is 58.4 Å². The van der Waals surface area contributed by atoms with E-state index in [0.717, 1.165) is 5.82 Å². The van der Waals surface area contributed by atoms with Crippen LogP contribution in [0.4, 0.5) is 0 Å². The minimum absolute atomic E-state index is 0.535. The minimum Gasteiger partial charge on any atom is -0.480 e. The van der Waals surface area contributed by atoms with Crippen LogP contribution >= 0.6 is 15.9 Å². The van der Waals surface area contributed by atoms with Crippen LogP contribution in [0, 0.1) is 6.92 Å². The van der Waals surface area contributed by atoms with Crippen LogP contribution in [-0.2, 0) is 11.8 Å². The van der Waals surface area contributed by atoms with E-state index in [4.69, 9.17) is 5.11 Å². The van der Waals surface area contributed by atoms with Crippen molar-refractivity contribution in [3.05, 3.63) is 16.1 Å². The van der Waals surface area contributed by atoms with Gasteiger partial charge in [0.25, 0.3) is 0 Å². The van der Waals surface area contributed by atoms with E-state index >= 15 is 0 Å². The van der Waals surface area contributed by atoms with E-state index < -0.39 is 12.0 Å². The fourth-order valence-electron chi connectivity index (χ4n) is 1.37. The zero-order valence-corrected chi connectivity index (χ0v) is 10.7. The molecule has 0 aromatic carbocycles. The molecule has 0 amide bonds. The SMILES string of the molecule is Cc1nc(C(C(=O)O)N(C)C)c(Br)n1C. The van der Waals surface area contributed by atoms with Crippen molar-refractivity contribution in [2.75, 3.05) is 14.1 Å². The smallest absolute Gasteiger partial charge is 0.327 e. The molecule has 0 aliphatic heterocycles. The van der Waals surface area contributed by atoms with E-state index in [-0.39, 0.29) is 0 Å². The second-order valence-electron chi connectivity index (χ2n) is 3.60. The summed E-state index contributed by atoms with van der Waals surface area (Å²) in [7, 11) is 5.27. The maximum absolute atomic E-state index is 11.1. The Kier molecular flexibility index (Phi) is 3.51. The molecule has 1 unspecified atom stereocenters. The highest BCUT2D eigenvalue weighted by Crippen LogP contribution is 2.26. The lowest BCUT2D eigenvalue weighted by Gasteiger charge is -2.18. The lowest BCUT2D eigenvalue weighted by atomic mass is 10.2. The van der Waals surface area contributed by atoms with Crippen molar-refractivity contribution in [3.8, 4) is 0 Å². The molecule has 1 rings (SSSR count). The van der Waals surface area contributed by atoms with Gasteiger partial charge < -0.3 is 9.67 Å². The minimum atomic E-state index is -0.904. The lowest BCUT2D eigenvalue weighted by Crippen LogP contribution is -2.28. The van der Waals surface area contributed by atoms with E-state index in [0.29, 0.717) is 10.3 Å². The highest BCUT2D eigenvalue weighted by atomic mass is 79.9. The molecule has 0 bridgehead atoms. The second kappa shape index (κ2) is 4.32. The molecule has 0 radical (unpaired) electrons. The number of imidazole rings is 1. The molecule has 6 heteroatoms. The van der Waals surface area contributed by atoms with Gasteiger partial charge in [-0.25, -0.2) is 4.98 Å². The Morgan fingerprint density at radius 1 is 1.60 bits per heavy atom. The molecule has 1 N–H and O–H groups in total. The van der Waals surface area contributed by atoms with Gasteiger partial charge >= 0.3 is 5.97 Å². The van der Waals surface area contributed by atoms with Crippen molar-refractivity contribution in [3.63, 3.8) is 0 Å². The van der Waals surface area contributed by atoms with Gasteiger partial charge in [-0.3, -0.25) is 9.69 Å². The van der Waals surface area contributed by atoms with Gasteiger partial charge in [-0.2, -0.15) is 0 Å². The standard InChI is InChI=1S/C9H14BrN3O2/c1-5-11-6(8(10)13(5)4)7(9(14)15)12(2)3/h7H,1-4H3,(H,14,15). The third-order valence-electron chi connectivity index (χ3n) is 2.28. The predicted octanol–water partition coefficient (Wildman–Crippen LogP) is 1.18. The van der Waals surface area contributed by atoms with Crippen LogP contribution in [-0.4, -0.2) is 39.6 Å². The summed E-state index contributed by atoms with van der Waals surface area (Å²) in [6.45, 7) is 1.84. The highest BCUT2D eigenvalue weighted by Gasteiger charge is 2.28. The van der Waals surface area contributed by atoms with Crippen LogP contribution in [0.25, 0.3) is 0 Å². The molecule has 0 fully saturated rings. The molecule has 0 aliphatic carbocycles. The molecule has 1 aromatic heterocycles. The first-order valence-corrected chi connectivity index (χ1v) is 5.23. The van der Waals surface area contributed by atoms with Crippen molar-refractivity contribution < 1.29 is 9.90 Å². The van der Waals surface area contributed by atoms with Crippen molar-refractivity contribution in [1.82, 2.24) is 14.5 Å². The van der Waals surface area contributed by atoms with Gasteiger partial charge in [0.05, 0.1) is 0 Å². The van der Waals surface area contributed by atoms with E-state index in [1.54, 1.807) is 19.0 Å². The molecule has 0 saturated heterocycles. The van der Waals surface area contributed by atoms with Gasteiger partial charge in [-0.15, -0.1) is 0 Å². The van der Waals surface area contributed by atoms with E-state index in [9.17, 15) is 4.79 Å². The van der Waals surface area contributed by atoms with Gasteiger partial charge in [0.15, 0.2) is 6.04 Å². The summed E-state index contributed by atoms with van der Waals surface area (Å²) >= 11 is 3.35. The number of nitrogens with zero attached hydrogens (tertiary/aromatic N) is 3. The number of rotatable bonds is 3. The van der Waals surface area contributed by atoms with Gasteiger partial charge in [0, 0.05) is 7.05 Å². The highest BCUT2D eigenvalue weighted by molar-refractivity contribution is 9.10. The zero-order valence-electron chi connectivity index (χ0n) is 9.15. The fourth-order valence-corrected chi connectivity index (χ4v) is 1.93. The Labute approximate surface area is 96.8 Å². The summed E-state index contributed by atoms with van der Waals surface area (Å²) in [5.74, 6) is -0.122. The average molecular weight is 276 g/mol. The summed E-state index contributed by atoms with van der Waals surface area (Å²) in [5, 5.41) is 9.11. The number of aliphatic carboxylic acids is 1. The number of carboxylic acid groups (broad SMARTS) is 1. The molecular weight excluding hydrogens is 262 g/mol. The predicted molar refractivity (Wildman–Crippen MR) is 59.7 cm³/mol. The van der Waals surface area contributed by atoms with Crippen LogP contribution < -0.4 is 0 Å². The Bertz CT molecular complexity index is 387. The third kappa shape index (κ3) is 2.21. The monoisotopic (exact) mass is 275 g/mol. The van der Waals surface area contributed by atoms with Crippen molar-refractivity contribution in [2.45, 2.75) is 13.0 Å². The van der Waals surface area contributed by atoms with Crippen LogP contribution in [0.3, 0.4) is 0 Å². The van der Waals surface area contributed by atoms with E-state index in [1.807, 2.05) is 18.5 Å². The second-order valence-corrected chi connectivity index (χ2v) is 4.35. The van der Waals surface area contributed by atoms with Crippen molar-refractivity contribution in [2.24, 2.45) is 7.05 Å². The summed E-state index contributed by atoms with van der Waals surface area (Å²) in [6, 6.07) is -0.723. The van der Waals surface area contributed by atoms with Crippen LogP contribution in [0.1, 0.15) is 17.6 Å². The Morgan fingerprint density at radius 3 is 2.40 bits per heavy atom. The van der Waals surface area contributed by atoms with Gasteiger partial charge in [0.1, 0.15) is 16.1 Å². The van der Waals surface area contributed by atoms with Crippen molar-refractivity contribution >= 4 is 21.9 Å². The number of halogens is 1. The first kappa shape index (κ1) is 12.2. The maximum atomic E-state index is 11.1.